The van der Waals surface area contributed by atoms with Gasteiger partial charge in [-0.1, -0.05) is 12.1 Å². The molecule has 0 saturated carbocycles. The van der Waals surface area contributed by atoms with Crippen LogP contribution in [0.15, 0.2) is 48.7 Å². The Balaban J connectivity index is 1.60. The first kappa shape index (κ1) is 18.2. The second-order valence-electron chi connectivity index (χ2n) is 6.11. The van der Waals surface area contributed by atoms with Crippen LogP contribution in [-0.4, -0.2) is 42.3 Å². The number of pyridine rings is 1. The number of rotatable bonds is 7. The molecule has 0 spiro atoms. The van der Waals surface area contributed by atoms with Gasteiger partial charge in [-0.25, -0.2) is 4.79 Å². The Morgan fingerprint density at radius 1 is 1.27 bits per heavy atom. The molecule has 1 aliphatic rings. The van der Waals surface area contributed by atoms with E-state index in [-0.39, 0.29) is 12.1 Å². The predicted octanol–water partition coefficient (Wildman–Crippen LogP) is 3.87. The fourth-order valence-electron chi connectivity index (χ4n) is 3.11. The van der Waals surface area contributed by atoms with Gasteiger partial charge in [0.2, 0.25) is 0 Å². The molecule has 2 amide bonds. The highest BCUT2D eigenvalue weighted by atomic mass is 16.5. The maximum atomic E-state index is 12.7. The molecule has 0 aliphatic carbocycles. The third kappa shape index (κ3) is 4.73. The number of hydrogen-bond acceptors (Lipinski definition) is 4. The molecule has 1 atom stereocenters. The third-order valence-corrected chi connectivity index (χ3v) is 4.33. The number of amides is 2. The average Bonchev–Trinajstić information content (AvgIpc) is 3.16. The highest BCUT2D eigenvalue weighted by molar-refractivity contribution is 5.90. The summed E-state index contributed by atoms with van der Waals surface area (Å²) in [7, 11) is 0. The number of carbonyl (C=O) groups is 1. The first-order valence-corrected chi connectivity index (χ1v) is 9.07. The first-order valence-electron chi connectivity index (χ1n) is 9.07. The maximum absolute atomic E-state index is 12.7. The molecule has 1 saturated heterocycles. The zero-order valence-corrected chi connectivity index (χ0v) is 15.1. The number of likely N-dealkylation sites (tertiary alicyclic amines) is 1. The molecule has 26 heavy (non-hydrogen) atoms. The molecule has 6 nitrogen and oxygen atoms in total. The SMILES string of the molecule is CCOCCOc1cccc(NC(=O)N2CCC[C@H]2c2ccccn2)c1. The van der Waals surface area contributed by atoms with Crippen molar-refractivity contribution in [2.45, 2.75) is 25.8 Å². The Labute approximate surface area is 154 Å². The zero-order valence-electron chi connectivity index (χ0n) is 15.1. The molecule has 0 radical (unpaired) electrons. The molecule has 1 N–H and O–H groups in total. The van der Waals surface area contributed by atoms with E-state index in [4.69, 9.17) is 9.47 Å². The van der Waals surface area contributed by atoms with Crippen LogP contribution in [0.2, 0.25) is 0 Å². The molecule has 1 aromatic carbocycles. The summed E-state index contributed by atoms with van der Waals surface area (Å²) >= 11 is 0. The fraction of sp³-hybridized carbons (Fsp3) is 0.400. The van der Waals surface area contributed by atoms with E-state index < -0.39 is 0 Å². The third-order valence-electron chi connectivity index (χ3n) is 4.33. The van der Waals surface area contributed by atoms with Crippen LogP contribution < -0.4 is 10.1 Å². The average molecular weight is 355 g/mol. The normalized spacial score (nSPS) is 16.5. The van der Waals surface area contributed by atoms with Gasteiger partial charge in [0, 0.05) is 31.1 Å². The van der Waals surface area contributed by atoms with Crippen molar-refractivity contribution >= 4 is 11.7 Å². The molecule has 1 fully saturated rings. The molecule has 6 heteroatoms. The molecule has 1 aromatic heterocycles. The number of nitrogens with one attached hydrogen (secondary N) is 1. The minimum Gasteiger partial charge on any atom is -0.491 e. The summed E-state index contributed by atoms with van der Waals surface area (Å²) in [6.07, 6.45) is 3.69. The molecule has 3 rings (SSSR count). The smallest absolute Gasteiger partial charge is 0.322 e. The molecular formula is C20H25N3O3. The number of ether oxygens (including phenoxy) is 2. The van der Waals surface area contributed by atoms with Gasteiger partial charge in [0.15, 0.2) is 0 Å². The quantitative estimate of drug-likeness (QED) is 0.766. The summed E-state index contributed by atoms with van der Waals surface area (Å²) in [5.74, 6) is 0.713. The van der Waals surface area contributed by atoms with E-state index in [0.717, 1.165) is 30.8 Å². The Morgan fingerprint density at radius 2 is 2.19 bits per heavy atom. The van der Waals surface area contributed by atoms with E-state index in [1.807, 2.05) is 54.3 Å². The number of hydrogen-bond donors (Lipinski definition) is 1. The van der Waals surface area contributed by atoms with Gasteiger partial charge in [0.25, 0.3) is 0 Å². The van der Waals surface area contributed by atoms with Crippen molar-refractivity contribution in [1.29, 1.82) is 0 Å². The number of urea groups is 1. The minimum atomic E-state index is -0.107. The van der Waals surface area contributed by atoms with Crippen LogP contribution in [0.4, 0.5) is 10.5 Å². The summed E-state index contributed by atoms with van der Waals surface area (Å²) in [4.78, 5) is 19.0. The Bertz CT molecular complexity index is 708. The lowest BCUT2D eigenvalue weighted by Gasteiger charge is -2.24. The summed E-state index contributed by atoms with van der Waals surface area (Å²) in [5.41, 5.74) is 1.66. The van der Waals surface area contributed by atoms with E-state index in [1.54, 1.807) is 6.20 Å². The van der Waals surface area contributed by atoms with E-state index in [9.17, 15) is 4.79 Å². The van der Waals surface area contributed by atoms with E-state index in [1.165, 1.54) is 0 Å². The second-order valence-corrected chi connectivity index (χ2v) is 6.11. The van der Waals surface area contributed by atoms with Crippen LogP contribution in [0.3, 0.4) is 0 Å². The zero-order chi connectivity index (χ0) is 18.2. The lowest BCUT2D eigenvalue weighted by Crippen LogP contribution is -2.34. The van der Waals surface area contributed by atoms with Gasteiger partial charge in [0.1, 0.15) is 12.4 Å². The van der Waals surface area contributed by atoms with Crippen LogP contribution in [-0.2, 0) is 4.74 Å². The van der Waals surface area contributed by atoms with Gasteiger partial charge in [-0.2, -0.15) is 0 Å². The predicted molar refractivity (Wildman–Crippen MR) is 100 cm³/mol. The second kappa shape index (κ2) is 9.20. The van der Waals surface area contributed by atoms with Gasteiger partial charge in [-0.3, -0.25) is 4.98 Å². The molecule has 1 aliphatic heterocycles. The molecule has 2 aromatic rings. The molecule has 0 bridgehead atoms. The van der Waals surface area contributed by atoms with Crippen LogP contribution in [0.1, 0.15) is 31.5 Å². The van der Waals surface area contributed by atoms with E-state index in [2.05, 4.69) is 10.3 Å². The topological polar surface area (TPSA) is 63.7 Å². The summed E-state index contributed by atoms with van der Waals surface area (Å²) in [6, 6.07) is 13.2. The van der Waals surface area contributed by atoms with Crippen molar-refractivity contribution in [3.63, 3.8) is 0 Å². The lowest BCUT2D eigenvalue weighted by atomic mass is 10.1. The minimum absolute atomic E-state index is 0.0295. The van der Waals surface area contributed by atoms with Crippen molar-refractivity contribution in [1.82, 2.24) is 9.88 Å². The van der Waals surface area contributed by atoms with Crippen LogP contribution in [0, 0.1) is 0 Å². The van der Waals surface area contributed by atoms with Gasteiger partial charge in [0.05, 0.1) is 18.3 Å². The van der Waals surface area contributed by atoms with Crippen LogP contribution in [0.25, 0.3) is 0 Å². The number of anilines is 1. The molecule has 2 heterocycles. The largest absolute Gasteiger partial charge is 0.491 e. The number of nitrogens with zero attached hydrogens (tertiary/aromatic N) is 2. The summed E-state index contributed by atoms with van der Waals surface area (Å²) < 4.78 is 10.9. The molecular weight excluding hydrogens is 330 g/mol. The summed E-state index contributed by atoms with van der Waals surface area (Å²) in [5, 5.41) is 2.97. The van der Waals surface area contributed by atoms with Gasteiger partial charge >= 0.3 is 6.03 Å². The van der Waals surface area contributed by atoms with Gasteiger partial charge in [-0.05, 0) is 44.0 Å². The van der Waals surface area contributed by atoms with Gasteiger partial charge < -0.3 is 19.7 Å². The number of aromatic nitrogens is 1. The highest BCUT2D eigenvalue weighted by Crippen LogP contribution is 2.31. The number of carbonyl (C=O) groups excluding carboxylic acids is 1. The van der Waals surface area contributed by atoms with Crippen molar-refractivity contribution in [3.05, 3.63) is 54.4 Å². The van der Waals surface area contributed by atoms with E-state index in [0.29, 0.717) is 25.6 Å². The highest BCUT2D eigenvalue weighted by Gasteiger charge is 2.30. The molecule has 138 valence electrons. The van der Waals surface area contributed by atoms with Crippen molar-refractivity contribution in [2.75, 3.05) is 31.7 Å². The summed E-state index contributed by atoms with van der Waals surface area (Å²) in [6.45, 7) is 4.39. The maximum Gasteiger partial charge on any atom is 0.322 e. The standard InChI is InChI=1S/C20H25N3O3/c1-2-25-13-14-26-17-8-5-7-16(15-17)22-20(24)23-12-6-10-19(23)18-9-3-4-11-21-18/h3-5,7-9,11,15,19H,2,6,10,12-14H2,1H3,(H,22,24)/t19-/m0/s1. The Hall–Kier alpha value is -2.60. The fourth-order valence-corrected chi connectivity index (χ4v) is 3.11. The van der Waals surface area contributed by atoms with Crippen molar-refractivity contribution in [2.24, 2.45) is 0 Å². The Kier molecular flexibility index (Phi) is 6.44. The van der Waals surface area contributed by atoms with Crippen molar-refractivity contribution < 1.29 is 14.3 Å². The van der Waals surface area contributed by atoms with Crippen molar-refractivity contribution in [3.8, 4) is 5.75 Å². The number of benzene rings is 1. The van der Waals surface area contributed by atoms with Gasteiger partial charge in [-0.15, -0.1) is 0 Å². The first-order chi connectivity index (χ1) is 12.8. The Morgan fingerprint density at radius 3 is 3.00 bits per heavy atom. The lowest BCUT2D eigenvalue weighted by molar-refractivity contribution is 0.110. The van der Waals surface area contributed by atoms with Crippen LogP contribution >= 0.6 is 0 Å². The van der Waals surface area contributed by atoms with Crippen LogP contribution in [0.5, 0.6) is 5.75 Å². The monoisotopic (exact) mass is 355 g/mol. The molecule has 0 unspecified atom stereocenters. The van der Waals surface area contributed by atoms with E-state index >= 15 is 0 Å².